The summed E-state index contributed by atoms with van der Waals surface area (Å²) in [6.45, 7) is 5.35. The minimum atomic E-state index is 0.725. The van der Waals surface area contributed by atoms with E-state index >= 15 is 0 Å². The molecule has 1 N–H and O–H groups in total. The molecule has 0 aromatic carbocycles. The van der Waals surface area contributed by atoms with Gasteiger partial charge in [0.1, 0.15) is 0 Å². The Kier molecular flexibility index (Phi) is 3.85. The molecule has 0 spiro atoms. The van der Waals surface area contributed by atoms with Crippen LogP contribution in [0, 0.1) is 19.8 Å². The second kappa shape index (κ2) is 5.62. The topological polar surface area (TPSA) is 37.8 Å². The van der Waals surface area contributed by atoms with Gasteiger partial charge < -0.3 is 5.32 Å². The van der Waals surface area contributed by atoms with Gasteiger partial charge in [0.25, 0.3) is 0 Å². The highest BCUT2D eigenvalue weighted by molar-refractivity contribution is 7.08. The van der Waals surface area contributed by atoms with Crippen molar-refractivity contribution in [3.8, 4) is 11.4 Å². The molecular weight excluding hydrogens is 266 g/mol. The van der Waals surface area contributed by atoms with Crippen molar-refractivity contribution in [2.75, 3.05) is 13.6 Å². The van der Waals surface area contributed by atoms with E-state index < -0.39 is 0 Å². The summed E-state index contributed by atoms with van der Waals surface area (Å²) in [5.74, 6) is 1.63. The van der Waals surface area contributed by atoms with Crippen LogP contribution < -0.4 is 5.32 Å². The van der Waals surface area contributed by atoms with Gasteiger partial charge in [0, 0.05) is 22.3 Å². The molecule has 2 aromatic heterocycles. The van der Waals surface area contributed by atoms with Gasteiger partial charge in [-0.2, -0.15) is 11.3 Å². The fraction of sp³-hybridized carbons (Fsp3) is 0.500. The van der Waals surface area contributed by atoms with Crippen molar-refractivity contribution in [2.45, 2.75) is 33.1 Å². The number of nitrogens with zero attached hydrogens (tertiary/aromatic N) is 2. The van der Waals surface area contributed by atoms with Crippen LogP contribution in [0.15, 0.2) is 10.8 Å². The largest absolute Gasteiger partial charge is 0.319 e. The highest BCUT2D eigenvalue weighted by Gasteiger charge is 2.22. The fourth-order valence-electron chi connectivity index (χ4n) is 3.03. The number of aromatic nitrogens is 2. The number of thiophene rings is 1. The van der Waals surface area contributed by atoms with Crippen LogP contribution in [0.25, 0.3) is 11.4 Å². The molecule has 0 saturated heterocycles. The van der Waals surface area contributed by atoms with Crippen LogP contribution >= 0.6 is 11.3 Å². The van der Waals surface area contributed by atoms with Crippen molar-refractivity contribution >= 4 is 11.3 Å². The third-order valence-corrected chi connectivity index (χ3v) is 5.03. The van der Waals surface area contributed by atoms with Gasteiger partial charge in [0.15, 0.2) is 5.82 Å². The number of hydrogen-bond donors (Lipinski definition) is 1. The van der Waals surface area contributed by atoms with Crippen LogP contribution in [0.4, 0.5) is 0 Å². The Hall–Kier alpha value is -1.26. The molecule has 0 aliphatic heterocycles. The van der Waals surface area contributed by atoms with Gasteiger partial charge in [-0.1, -0.05) is 0 Å². The van der Waals surface area contributed by atoms with Crippen LogP contribution in [0.3, 0.4) is 0 Å². The molecule has 1 aliphatic rings. The van der Waals surface area contributed by atoms with E-state index in [0.717, 1.165) is 36.8 Å². The van der Waals surface area contributed by atoms with Crippen molar-refractivity contribution in [1.29, 1.82) is 0 Å². The van der Waals surface area contributed by atoms with Gasteiger partial charge in [-0.15, -0.1) is 0 Å². The van der Waals surface area contributed by atoms with E-state index in [1.165, 1.54) is 28.8 Å². The lowest BCUT2D eigenvalue weighted by Crippen LogP contribution is -2.26. The van der Waals surface area contributed by atoms with Gasteiger partial charge >= 0.3 is 0 Å². The molecule has 4 heteroatoms. The zero-order chi connectivity index (χ0) is 14.1. The number of fused-ring (bicyclic) bond motifs is 1. The quantitative estimate of drug-likeness (QED) is 0.942. The number of rotatable bonds is 3. The standard InChI is InChI=1S/C16H21N3S/c1-10-8-20-9-14(10)16-18-11(2)13-6-12(7-17-3)4-5-15(13)19-16/h8-9,12,17H,4-7H2,1-3H3. The molecule has 20 heavy (non-hydrogen) atoms. The van der Waals surface area contributed by atoms with Crippen molar-refractivity contribution in [3.05, 3.63) is 33.3 Å². The van der Waals surface area contributed by atoms with Crippen molar-refractivity contribution in [2.24, 2.45) is 5.92 Å². The van der Waals surface area contributed by atoms with E-state index in [9.17, 15) is 0 Å². The van der Waals surface area contributed by atoms with E-state index in [0.29, 0.717) is 0 Å². The first-order chi connectivity index (χ1) is 9.69. The zero-order valence-electron chi connectivity index (χ0n) is 12.4. The number of nitrogens with one attached hydrogen (secondary N) is 1. The summed E-state index contributed by atoms with van der Waals surface area (Å²) in [6, 6.07) is 0. The van der Waals surface area contributed by atoms with Crippen molar-refractivity contribution < 1.29 is 0 Å². The van der Waals surface area contributed by atoms with Gasteiger partial charge in [0.05, 0.1) is 0 Å². The van der Waals surface area contributed by atoms with E-state index in [-0.39, 0.29) is 0 Å². The highest BCUT2D eigenvalue weighted by Crippen LogP contribution is 2.30. The molecule has 0 amide bonds. The average molecular weight is 287 g/mol. The summed E-state index contributed by atoms with van der Waals surface area (Å²) in [5.41, 5.74) is 6.28. The average Bonchev–Trinajstić information content (AvgIpc) is 2.86. The summed E-state index contributed by atoms with van der Waals surface area (Å²) in [6.07, 6.45) is 3.43. The molecule has 0 bridgehead atoms. The van der Waals surface area contributed by atoms with Gasteiger partial charge in [0.2, 0.25) is 0 Å². The molecule has 2 aromatic rings. The molecule has 2 heterocycles. The van der Waals surface area contributed by atoms with Crippen LogP contribution in [-0.2, 0) is 12.8 Å². The minimum absolute atomic E-state index is 0.725. The maximum absolute atomic E-state index is 4.85. The predicted octanol–water partition coefficient (Wildman–Crippen LogP) is 3.15. The maximum atomic E-state index is 4.85. The summed E-state index contributed by atoms with van der Waals surface area (Å²) in [7, 11) is 2.03. The second-order valence-corrected chi connectivity index (χ2v) is 6.44. The smallest absolute Gasteiger partial charge is 0.160 e. The Balaban J connectivity index is 1.96. The number of aryl methyl sites for hydroxylation is 3. The van der Waals surface area contributed by atoms with Crippen LogP contribution in [0.1, 0.15) is 28.9 Å². The molecule has 3 rings (SSSR count). The lowest BCUT2D eigenvalue weighted by Gasteiger charge is -2.25. The third kappa shape index (κ3) is 2.50. The van der Waals surface area contributed by atoms with E-state index in [1.54, 1.807) is 11.3 Å². The van der Waals surface area contributed by atoms with Crippen molar-refractivity contribution in [3.63, 3.8) is 0 Å². The third-order valence-electron chi connectivity index (χ3n) is 4.17. The van der Waals surface area contributed by atoms with Crippen LogP contribution in [-0.4, -0.2) is 23.6 Å². The Morgan fingerprint density at radius 1 is 1.30 bits per heavy atom. The molecule has 0 fully saturated rings. The molecule has 1 unspecified atom stereocenters. The monoisotopic (exact) mass is 287 g/mol. The van der Waals surface area contributed by atoms with Crippen LogP contribution in [0.5, 0.6) is 0 Å². The molecule has 0 radical (unpaired) electrons. The van der Waals surface area contributed by atoms with Gasteiger partial charge in [-0.25, -0.2) is 9.97 Å². The normalized spacial score (nSPS) is 18.1. The summed E-state index contributed by atoms with van der Waals surface area (Å²) in [5, 5.41) is 7.61. The molecule has 106 valence electrons. The highest BCUT2D eigenvalue weighted by atomic mass is 32.1. The molecule has 1 atom stereocenters. The van der Waals surface area contributed by atoms with Crippen molar-refractivity contribution in [1.82, 2.24) is 15.3 Å². The summed E-state index contributed by atoms with van der Waals surface area (Å²) >= 11 is 1.72. The Morgan fingerprint density at radius 2 is 2.15 bits per heavy atom. The molecule has 3 nitrogen and oxygen atoms in total. The zero-order valence-corrected chi connectivity index (χ0v) is 13.2. The minimum Gasteiger partial charge on any atom is -0.319 e. The summed E-state index contributed by atoms with van der Waals surface area (Å²) in [4.78, 5) is 9.61. The van der Waals surface area contributed by atoms with E-state index in [2.05, 4.69) is 29.9 Å². The SMILES string of the molecule is CNCC1CCc2nc(-c3cscc3C)nc(C)c2C1. The van der Waals surface area contributed by atoms with E-state index in [4.69, 9.17) is 9.97 Å². The van der Waals surface area contributed by atoms with E-state index in [1.807, 2.05) is 7.05 Å². The second-order valence-electron chi connectivity index (χ2n) is 5.69. The number of hydrogen-bond acceptors (Lipinski definition) is 4. The van der Waals surface area contributed by atoms with Gasteiger partial charge in [-0.05, 0) is 69.1 Å². The molecule has 1 aliphatic carbocycles. The van der Waals surface area contributed by atoms with Crippen LogP contribution in [0.2, 0.25) is 0 Å². The predicted molar refractivity (Wildman–Crippen MR) is 84.3 cm³/mol. The lowest BCUT2D eigenvalue weighted by molar-refractivity contribution is 0.433. The fourth-order valence-corrected chi connectivity index (χ4v) is 3.86. The van der Waals surface area contributed by atoms with Gasteiger partial charge in [-0.3, -0.25) is 0 Å². The lowest BCUT2D eigenvalue weighted by atomic mass is 9.85. The molecular formula is C16H21N3S. The Labute approximate surface area is 124 Å². The Morgan fingerprint density at radius 3 is 2.85 bits per heavy atom. The first-order valence-corrected chi connectivity index (χ1v) is 8.17. The first kappa shape index (κ1) is 13.7. The Bertz CT molecular complexity index is 618. The maximum Gasteiger partial charge on any atom is 0.160 e. The molecule has 0 saturated carbocycles. The summed E-state index contributed by atoms with van der Waals surface area (Å²) < 4.78 is 0. The first-order valence-electron chi connectivity index (χ1n) is 7.23.